The Morgan fingerprint density at radius 3 is 2.63 bits per heavy atom. The van der Waals surface area contributed by atoms with Gasteiger partial charge in [0, 0.05) is 18.0 Å². The van der Waals surface area contributed by atoms with Gasteiger partial charge in [0.1, 0.15) is 5.75 Å². The van der Waals surface area contributed by atoms with Gasteiger partial charge in [-0.2, -0.15) is 0 Å². The Morgan fingerprint density at radius 2 is 1.93 bits per heavy atom. The summed E-state index contributed by atoms with van der Waals surface area (Å²) in [5.74, 6) is 0.500. The van der Waals surface area contributed by atoms with Crippen LogP contribution in [0.4, 0.5) is 10.8 Å². The van der Waals surface area contributed by atoms with Crippen molar-refractivity contribution in [3.63, 3.8) is 0 Å². The molecule has 7 nitrogen and oxygen atoms in total. The second-order valence-corrected chi connectivity index (χ2v) is 9.52. The van der Waals surface area contributed by atoms with Gasteiger partial charge < -0.3 is 9.64 Å². The molecular weight excluding hydrogens is 422 g/mol. The number of nitrogens with one attached hydrogen (secondary N) is 1. The highest BCUT2D eigenvalue weighted by atomic mass is 32.2. The van der Waals surface area contributed by atoms with E-state index in [1.165, 1.54) is 11.3 Å². The third kappa shape index (κ3) is 3.78. The zero-order chi connectivity index (χ0) is 21.5. The highest BCUT2D eigenvalue weighted by molar-refractivity contribution is 7.93. The molecule has 3 aromatic rings. The van der Waals surface area contributed by atoms with Crippen LogP contribution in [0.25, 0.3) is 11.3 Å². The lowest BCUT2D eigenvalue weighted by molar-refractivity contribution is -0.125. The number of hydrogen-bond acceptors (Lipinski definition) is 6. The number of ether oxygens (including phenoxy) is 1. The highest BCUT2D eigenvalue weighted by Crippen LogP contribution is 2.37. The van der Waals surface area contributed by atoms with Crippen LogP contribution < -0.4 is 14.4 Å². The molecule has 0 aliphatic carbocycles. The van der Waals surface area contributed by atoms with Crippen LogP contribution in [-0.4, -0.2) is 32.5 Å². The molecule has 2 heterocycles. The molecule has 0 bridgehead atoms. The van der Waals surface area contributed by atoms with Gasteiger partial charge in [0.25, 0.3) is 15.9 Å². The third-order valence-corrected chi connectivity index (χ3v) is 7.21. The first-order valence-corrected chi connectivity index (χ1v) is 11.8. The molecule has 0 saturated carbocycles. The molecule has 1 aliphatic rings. The van der Waals surface area contributed by atoms with Crippen LogP contribution in [0.5, 0.6) is 5.75 Å². The molecule has 0 saturated heterocycles. The molecule has 2 aromatic carbocycles. The van der Waals surface area contributed by atoms with E-state index in [4.69, 9.17) is 4.74 Å². The van der Waals surface area contributed by atoms with Crippen LogP contribution >= 0.6 is 11.3 Å². The van der Waals surface area contributed by atoms with Gasteiger partial charge >= 0.3 is 0 Å². The maximum Gasteiger partial charge on any atom is 0.267 e. The first-order valence-electron chi connectivity index (χ1n) is 9.44. The Kier molecular flexibility index (Phi) is 5.25. The number of aryl methyl sites for hydroxylation is 1. The van der Waals surface area contributed by atoms with Crippen molar-refractivity contribution in [1.82, 2.24) is 4.98 Å². The largest absolute Gasteiger partial charge is 0.479 e. The number of nitrogens with zero attached hydrogens (tertiary/aromatic N) is 2. The van der Waals surface area contributed by atoms with Crippen LogP contribution in [0.3, 0.4) is 0 Å². The first kappa shape index (κ1) is 20.4. The summed E-state index contributed by atoms with van der Waals surface area (Å²) in [7, 11) is -2.02. The second-order valence-electron chi connectivity index (χ2n) is 6.98. The molecule has 1 atom stereocenters. The highest BCUT2D eigenvalue weighted by Gasteiger charge is 2.29. The van der Waals surface area contributed by atoms with Crippen molar-refractivity contribution in [1.29, 1.82) is 0 Å². The predicted octanol–water partition coefficient (Wildman–Crippen LogP) is 3.92. The minimum absolute atomic E-state index is 0.125. The standard InChI is InChI=1S/C21H21N3O4S2/c1-4-14-5-8-16(9-6-14)30(26,27)23-21-22-17(12-29-21)15-7-10-19-18(11-15)24(3)20(25)13(2)28-19/h5-13H,4H2,1-3H3,(H,22,23). The van der Waals surface area contributed by atoms with Crippen molar-refractivity contribution in [3.05, 3.63) is 53.4 Å². The van der Waals surface area contributed by atoms with Gasteiger partial charge in [-0.05, 0) is 49.2 Å². The zero-order valence-electron chi connectivity index (χ0n) is 16.7. The van der Waals surface area contributed by atoms with Crippen molar-refractivity contribution in [2.24, 2.45) is 0 Å². The molecule has 1 N–H and O–H groups in total. The smallest absolute Gasteiger partial charge is 0.267 e. The number of rotatable bonds is 5. The van der Waals surface area contributed by atoms with Gasteiger partial charge in [0.15, 0.2) is 11.2 Å². The fourth-order valence-corrected chi connectivity index (χ4v) is 5.17. The molecule has 1 aromatic heterocycles. The van der Waals surface area contributed by atoms with Crippen LogP contribution in [-0.2, 0) is 21.2 Å². The topological polar surface area (TPSA) is 88.6 Å². The van der Waals surface area contributed by atoms with Gasteiger partial charge in [-0.15, -0.1) is 11.3 Å². The number of hydrogen-bond donors (Lipinski definition) is 1. The van der Waals surface area contributed by atoms with Gasteiger partial charge in [-0.3, -0.25) is 9.52 Å². The fourth-order valence-electron chi connectivity index (χ4n) is 3.20. The van der Waals surface area contributed by atoms with Crippen molar-refractivity contribution in [3.8, 4) is 17.0 Å². The number of likely N-dealkylation sites (N-methyl/N-ethyl adjacent to an activating group) is 1. The molecule has 9 heteroatoms. The van der Waals surface area contributed by atoms with E-state index in [0.717, 1.165) is 17.5 Å². The summed E-state index contributed by atoms with van der Waals surface area (Å²) >= 11 is 1.20. The van der Waals surface area contributed by atoms with E-state index >= 15 is 0 Å². The van der Waals surface area contributed by atoms with Crippen molar-refractivity contribution in [2.75, 3.05) is 16.7 Å². The number of benzene rings is 2. The Hall–Kier alpha value is -2.91. The van der Waals surface area contributed by atoms with E-state index in [0.29, 0.717) is 17.1 Å². The minimum Gasteiger partial charge on any atom is -0.479 e. The van der Waals surface area contributed by atoms with Gasteiger partial charge in [0.05, 0.1) is 16.3 Å². The number of amides is 1. The Morgan fingerprint density at radius 1 is 1.20 bits per heavy atom. The van der Waals surface area contributed by atoms with E-state index < -0.39 is 16.1 Å². The number of sulfonamides is 1. The van der Waals surface area contributed by atoms with Crippen molar-refractivity contribution in [2.45, 2.75) is 31.3 Å². The molecule has 0 radical (unpaired) electrons. The molecule has 1 unspecified atom stereocenters. The number of thiazole rings is 1. The lowest BCUT2D eigenvalue weighted by Crippen LogP contribution is -2.41. The summed E-state index contributed by atoms with van der Waals surface area (Å²) in [6.07, 6.45) is 0.315. The summed E-state index contributed by atoms with van der Waals surface area (Å²) in [6, 6.07) is 12.2. The Labute approximate surface area is 179 Å². The van der Waals surface area contributed by atoms with E-state index in [-0.39, 0.29) is 15.9 Å². The number of aromatic nitrogens is 1. The van der Waals surface area contributed by atoms with E-state index in [9.17, 15) is 13.2 Å². The van der Waals surface area contributed by atoms with Crippen LogP contribution in [0, 0.1) is 0 Å². The molecule has 1 aliphatic heterocycles. The summed E-state index contributed by atoms with van der Waals surface area (Å²) in [5.41, 5.74) is 3.10. The first-order chi connectivity index (χ1) is 14.3. The summed E-state index contributed by atoms with van der Waals surface area (Å²) in [6.45, 7) is 3.73. The van der Waals surface area contributed by atoms with E-state index in [1.54, 1.807) is 54.6 Å². The van der Waals surface area contributed by atoms with Gasteiger partial charge in [-0.1, -0.05) is 19.1 Å². The lowest BCUT2D eigenvalue weighted by Gasteiger charge is -2.30. The van der Waals surface area contributed by atoms with Crippen LogP contribution in [0.15, 0.2) is 52.7 Å². The second kappa shape index (κ2) is 7.73. The van der Waals surface area contributed by atoms with Gasteiger partial charge in [0.2, 0.25) is 0 Å². The quantitative estimate of drug-likeness (QED) is 0.646. The SMILES string of the molecule is CCc1ccc(S(=O)(=O)Nc2nc(-c3ccc4c(c3)N(C)C(=O)C(C)O4)cs2)cc1. The fraction of sp³-hybridized carbons (Fsp3) is 0.238. The number of fused-ring (bicyclic) bond motifs is 1. The molecule has 0 spiro atoms. The van der Waals surface area contributed by atoms with E-state index in [2.05, 4.69) is 9.71 Å². The van der Waals surface area contributed by atoms with Crippen molar-refractivity contribution >= 4 is 38.1 Å². The van der Waals surface area contributed by atoms with Gasteiger partial charge in [-0.25, -0.2) is 13.4 Å². The molecule has 0 fully saturated rings. The molecule has 1 amide bonds. The predicted molar refractivity (Wildman–Crippen MR) is 118 cm³/mol. The average molecular weight is 444 g/mol. The number of anilines is 2. The maximum absolute atomic E-state index is 12.6. The maximum atomic E-state index is 12.6. The van der Waals surface area contributed by atoms with Crippen LogP contribution in [0.1, 0.15) is 19.4 Å². The minimum atomic E-state index is -3.72. The van der Waals surface area contributed by atoms with Crippen molar-refractivity contribution < 1.29 is 17.9 Å². The third-order valence-electron chi connectivity index (χ3n) is 4.97. The number of carbonyl (C=O) groups excluding carboxylic acids is 1. The molecular formula is C21H21N3O4S2. The lowest BCUT2D eigenvalue weighted by atomic mass is 10.1. The zero-order valence-corrected chi connectivity index (χ0v) is 18.4. The molecule has 4 rings (SSSR count). The van der Waals surface area contributed by atoms with E-state index in [1.807, 2.05) is 19.1 Å². The molecule has 156 valence electrons. The summed E-state index contributed by atoms with van der Waals surface area (Å²) < 4.78 is 33.5. The molecule has 30 heavy (non-hydrogen) atoms. The Bertz CT molecular complexity index is 1200. The average Bonchev–Trinajstić information content (AvgIpc) is 3.19. The Balaban J connectivity index is 1.58. The number of carbonyl (C=O) groups is 1. The summed E-state index contributed by atoms with van der Waals surface area (Å²) in [5, 5.41) is 2.05. The van der Waals surface area contributed by atoms with Crippen LogP contribution in [0.2, 0.25) is 0 Å². The normalized spacial score (nSPS) is 16.2. The monoisotopic (exact) mass is 443 g/mol. The summed E-state index contributed by atoms with van der Waals surface area (Å²) in [4.78, 5) is 18.3.